The maximum atomic E-state index is 11.7. The lowest BCUT2D eigenvalue weighted by molar-refractivity contribution is -0.152. The highest BCUT2D eigenvalue weighted by Crippen LogP contribution is 2.37. The van der Waals surface area contributed by atoms with Gasteiger partial charge in [-0.15, -0.1) is 0 Å². The van der Waals surface area contributed by atoms with Gasteiger partial charge in [-0.25, -0.2) is 0 Å². The van der Waals surface area contributed by atoms with Crippen molar-refractivity contribution in [3.05, 3.63) is 33.3 Å². The van der Waals surface area contributed by atoms with E-state index in [1.54, 1.807) is 26.0 Å². The Kier molecular flexibility index (Phi) is 4.58. The van der Waals surface area contributed by atoms with Crippen LogP contribution < -0.4 is 5.73 Å². The van der Waals surface area contributed by atoms with Gasteiger partial charge in [-0.05, 0) is 37.6 Å². The van der Waals surface area contributed by atoms with Gasteiger partial charge in [0.1, 0.15) is 0 Å². The molecular weight excluding hydrogens is 305 g/mol. The largest absolute Gasteiger partial charge is 0.469 e. The Bertz CT molecular complexity index is 435. The first-order chi connectivity index (χ1) is 7.80. The van der Waals surface area contributed by atoms with Crippen LogP contribution in [0.15, 0.2) is 22.7 Å². The lowest BCUT2D eigenvalue weighted by atomic mass is 9.81. The molecule has 1 aromatic rings. The molecule has 0 aliphatic rings. The molecule has 0 aromatic heterocycles. The molecule has 1 aromatic carbocycles. The zero-order valence-electron chi connectivity index (χ0n) is 9.96. The molecule has 2 N–H and O–H groups in total. The van der Waals surface area contributed by atoms with Crippen LogP contribution in [0.1, 0.15) is 25.5 Å². The van der Waals surface area contributed by atoms with Crippen LogP contribution >= 0.6 is 27.5 Å². The van der Waals surface area contributed by atoms with Gasteiger partial charge in [-0.1, -0.05) is 27.5 Å². The van der Waals surface area contributed by atoms with E-state index in [9.17, 15) is 4.79 Å². The van der Waals surface area contributed by atoms with E-state index in [0.29, 0.717) is 5.02 Å². The fourth-order valence-electron chi connectivity index (χ4n) is 1.53. The topological polar surface area (TPSA) is 52.3 Å². The molecule has 3 nitrogen and oxygen atoms in total. The molecule has 0 fully saturated rings. The first-order valence-electron chi connectivity index (χ1n) is 5.09. The van der Waals surface area contributed by atoms with E-state index in [2.05, 4.69) is 15.9 Å². The molecule has 1 atom stereocenters. The Morgan fingerprint density at radius 3 is 2.65 bits per heavy atom. The summed E-state index contributed by atoms with van der Waals surface area (Å²) in [5.74, 6) is -0.350. The third-order valence-electron chi connectivity index (χ3n) is 2.78. The van der Waals surface area contributed by atoms with Crippen molar-refractivity contribution >= 4 is 33.5 Å². The molecule has 0 unspecified atom stereocenters. The van der Waals surface area contributed by atoms with E-state index in [4.69, 9.17) is 22.1 Å². The number of nitrogens with two attached hydrogens (primary N) is 1. The first-order valence-corrected chi connectivity index (χ1v) is 6.26. The monoisotopic (exact) mass is 319 g/mol. The summed E-state index contributed by atoms with van der Waals surface area (Å²) in [4.78, 5) is 11.7. The van der Waals surface area contributed by atoms with E-state index in [1.165, 1.54) is 7.11 Å². The molecular formula is C12H15BrClNO2. The summed E-state index contributed by atoms with van der Waals surface area (Å²) in [6.07, 6.45) is 0. The van der Waals surface area contributed by atoms with Crippen LogP contribution in [-0.2, 0) is 9.53 Å². The van der Waals surface area contributed by atoms with Crippen molar-refractivity contribution in [1.29, 1.82) is 0 Å². The molecule has 5 heteroatoms. The summed E-state index contributed by atoms with van der Waals surface area (Å²) in [6, 6.07) is 4.82. The molecule has 0 heterocycles. The lowest BCUT2D eigenvalue weighted by Crippen LogP contribution is -2.37. The van der Waals surface area contributed by atoms with Crippen LogP contribution in [0.25, 0.3) is 0 Å². The second kappa shape index (κ2) is 5.38. The van der Waals surface area contributed by atoms with E-state index in [1.807, 2.05) is 6.07 Å². The molecule has 0 saturated carbocycles. The lowest BCUT2D eigenvalue weighted by Gasteiger charge is -2.29. The first kappa shape index (κ1) is 14.5. The molecule has 0 amide bonds. The van der Waals surface area contributed by atoms with E-state index < -0.39 is 11.5 Å². The maximum Gasteiger partial charge on any atom is 0.313 e. The van der Waals surface area contributed by atoms with Gasteiger partial charge < -0.3 is 10.5 Å². The number of esters is 1. The van der Waals surface area contributed by atoms with Gasteiger partial charge in [0.2, 0.25) is 0 Å². The van der Waals surface area contributed by atoms with Crippen LogP contribution in [0.4, 0.5) is 0 Å². The highest BCUT2D eigenvalue weighted by atomic mass is 79.9. The zero-order valence-corrected chi connectivity index (χ0v) is 12.3. The zero-order chi connectivity index (χ0) is 13.2. The molecule has 0 aliphatic carbocycles. The Hall–Kier alpha value is -0.580. The van der Waals surface area contributed by atoms with Gasteiger partial charge in [-0.2, -0.15) is 0 Å². The number of carbonyl (C=O) groups excluding carboxylic acids is 1. The minimum atomic E-state index is -0.818. The number of methoxy groups -OCH3 is 1. The Balaban J connectivity index is 3.15. The van der Waals surface area contributed by atoms with Crippen molar-refractivity contribution in [3.63, 3.8) is 0 Å². The smallest absolute Gasteiger partial charge is 0.313 e. The Morgan fingerprint density at radius 2 is 2.12 bits per heavy atom. The van der Waals surface area contributed by atoms with E-state index in [-0.39, 0.29) is 5.97 Å². The van der Waals surface area contributed by atoms with E-state index in [0.717, 1.165) is 10.0 Å². The molecule has 0 radical (unpaired) electrons. The van der Waals surface area contributed by atoms with Crippen molar-refractivity contribution in [2.75, 3.05) is 7.11 Å². The van der Waals surface area contributed by atoms with Crippen LogP contribution in [-0.4, -0.2) is 13.1 Å². The van der Waals surface area contributed by atoms with Crippen LogP contribution in [0.5, 0.6) is 0 Å². The van der Waals surface area contributed by atoms with Crippen LogP contribution in [0.3, 0.4) is 0 Å². The van der Waals surface area contributed by atoms with Gasteiger partial charge in [0, 0.05) is 15.5 Å². The van der Waals surface area contributed by atoms with Gasteiger partial charge in [-0.3, -0.25) is 4.79 Å². The molecule has 0 spiro atoms. The number of ether oxygens (including phenoxy) is 1. The number of halogens is 2. The summed E-state index contributed by atoms with van der Waals surface area (Å²) in [5, 5.41) is 0.583. The predicted octanol–water partition coefficient (Wildman–Crippen LogP) is 3.30. The second-order valence-corrected chi connectivity index (χ2v) is 5.65. The fraction of sp³-hybridized carbons (Fsp3) is 0.417. The second-order valence-electron chi connectivity index (χ2n) is 4.36. The number of benzene rings is 1. The van der Waals surface area contributed by atoms with Crippen LogP contribution in [0, 0.1) is 5.41 Å². The minimum Gasteiger partial charge on any atom is -0.469 e. The number of hydrogen-bond acceptors (Lipinski definition) is 3. The predicted molar refractivity (Wildman–Crippen MR) is 71.9 cm³/mol. The van der Waals surface area contributed by atoms with Crippen molar-refractivity contribution in [1.82, 2.24) is 0 Å². The van der Waals surface area contributed by atoms with Crippen molar-refractivity contribution in [2.24, 2.45) is 11.1 Å². The number of carbonyl (C=O) groups is 1. The third kappa shape index (κ3) is 3.00. The summed E-state index contributed by atoms with van der Waals surface area (Å²) < 4.78 is 5.59. The molecule has 0 saturated heterocycles. The summed E-state index contributed by atoms with van der Waals surface area (Å²) in [5.41, 5.74) is 6.10. The molecule has 0 aliphatic heterocycles. The number of rotatable bonds is 3. The molecule has 17 heavy (non-hydrogen) atoms. The average molecular weight is 321 g/mol. The molecule has 94 valence electrons. The Labute approximate surface area is 114 Å². The highest BCUT2D eigenvalue weighted by Gasteiger charge is 2.37. The van der Waals surface area contributed by atoms with E-state index >= 15 is 0 Å². The third-order valence-corrected chi connectivity index (χ3v) is 3.74. The SMILES string of the molecule is COC(=O)C(C)(C)[C@@H](N)c1cc(Cl)ccc1Br. The fourth-order valence-corrected chi connectivity index (χ4v) is 2.21. The summed E-state index contributed by atoms with van der Waals surface area (Å²) >= 11 is 9.34. The van der Waals surface area contributed by atoms with Crippen LogP contribution in [0.2, 0.25) is 5.02 Å². The summed E-state index contributed by atoms with van der Waals surface area (Å²) in [7, 11) is 1.35. The van der Waals surface area contributed by atoms with Crippen molar-refractivity contribution < 1.29 is 9.53 Å². The number of hydrogen-bond donors (Lipinski definition) is 1. The van der Waals surface area contributed by atoms with Crippen molar-refractivity contribution in [3.8, 4) is 0 Å². The van der Waals surface area contributed by atoms with Gasteiger partial charge >= 0.3 is 5.97 Å². The van der Waals surface area contributed by atoms with Gasteiger partial charge in [0.15, 0.2) is 0 Å². The average Bonchev–Trinajstić information content (AvgIpc) is 2.30. The summed E-state index contributed by atoms with van der Waals surface area (Å²) in [6.45, 7) is 3.49. The normalized spacial score (nSPS) is 13.3. The van der Waals surface area contributed by atoms with Gasteiger partial charge in [0.25, 0.3) is 0 Å². The maximum absolute atomic E-state index is 11.7. The quantitative estimate of drug-likeness (QED) is 0.869. The highest BCUT2D eigenvalue weighted by molar-refractivity contribution is 9.10. The molecule has 1 rings (SSSR count). The standard InChI is InChI=1S/C12H15BrClNO2/c1-12(2,11(16)17-3)10(15)8-6-7(14)4-5-9(8)13/h4-6,10H,15H2,1-3H3/t10-/m0/s1. The Morgan fingerprint density at radius 1 is 1.53 bits per heavy atom. The molecule has 0 bridgehead atoms. The van der Waals surface area contributed by atoms with Crippen molar-refractivity contribution in [2.45, 2.75) is 19.9 Å². The van der Waals surface area contributed by atoms with Gasteiger partial charge in [0.05, 0.1) is 12.5 Å². The minimum absolute atomic E-state index is 0.350.